The summed E-state index contributed by atoms with van der Waals surface area (Å²) < 4.78 is 39.4. The number of hydrogen-bond acceptors (Lipinski definition) is 5. The summed E-state index contributed by atoms with van der Waals surface area (Å²) in [6.07, 6.45) is 1.57. The summed E-state index contributed by atoms with van der Waals surface area (Å²) in [5, 5.41) is 2.71. The molecule has 2 aromatic rings. The fourth-order valence-corrected chi connectivity index (χ4v) is 5.45. The van der Waals surface area contributed by atoms with Gasteiger partial charge in [0.2, 0.25) is 15.9 Å². The van der Waals surface area contributed by atoms with Crippen LogP contribution in [0.1, 0.15) is 36.9 Å². The minimum Gasteiger partial charge on any atom is -0.486 e. The fourth-order valence-electron chi connectivity index (χ4n) is 3.77. The number of amides is 1. The van der Waals surface area contributed by atoms with Gasteiger partial charge in [0.05, 0.1) is 10.9 Å². The molecule has 2 aliphatic heterocycles. The van der Waals surface area contributed by atoms with Crippen molar-refractivity contribution in [2.24, 2.45) is 0 Å². The van der Waals surface area contributed by atoms with Gasteiger partial charge >= 0.3 is 0 Å². The van der Waals surface area contributed by atoms with Gasteiger partial charge in [-0.1, -0.05) is 18.2 Å². The lowest BCUT2D eigenvalue weighted by molar-refractivity contribution is -0.119. The molecular weight excluding hydrogens is 392 g/mol. The van der Waals surface area contributed by atoms with Crippen LogP contribution in [0.25, 0.3) is 0 Å². The molecular formula is C21H24N2O5S. The first-order valence-corrected chi connectivity index (χ1v) is 11.1. The lowest BCUT2D eigenvalue weighted by Crippen LogP contribution is -2.30. The summed E-state index contributed by atoms with van der Waals surface area (Å²) >= 11 is 0. The normalized spacial score (nSPS) is 19.1. The Morgan fingerprint density at radius 1 is 1.10 bits per heavy atom. The van der Waals surface area contributed by atoms with Gasteiger partial charge in [-0.25, -0.2) is 8.42 Å². The SMILES string of the molecule is CC(=O)NCc1ccc(S(=O)(=O)N2CCC[C@@H]2c2ccc3c(c2)OCCO3)cc1. The van der Waals surface area contributed by atoms with E-state index in [-0.39, 0.29) is 16.8 Å². The Hall–Kier alpha value is -2.58. The third-order valence-electron chi connectivity index (χ3n) is 5.23. The van der Waals surface area contributed by atoms with Crippen LogP contribution < -0.4 is 14.8 Å². The van der Waals surface area contributed by atoms with Crippen LogP contribution in [0, 0.1) is 0 Å². The Labute approximate surface area is 170 Å². The van der Waals surface area contributed by atoms with Crippen molar-refractivity contribution in [2.45, 2.75) is 37.2 Å². The Bertz CT molecular complexity index is 1000. The minimum absolute atomic E-state index is 0.124. The van der Waals surface area contributed by atoms with Crippen molar-refractivity contribution in [1.82, 2.24) is 9.62 Å². The highest BCUT2D eigenvalue weighted by Crippen LogP contribution is 2.40. The van der Waals surface area contributed by atoms with Gasteiger partial charge in [0, 0.05) is 20.0 Å². The van der Waals surface area contributed by atoms with Crippen LogP contribution in [-0.2, 0) is 21.4 Å². The van der Waals surface area contributed by atoms with Gasteiger partial charge in [-0.05, 0) is 48.2 Å². The molecule has 1 atom stereocenters. The Balaban J connectivity index is 1.56. The number of carbonyl (C=O) groups is 1. The third-order valence-corrected chi connectivity index (χ3v) is 7.15. The van der Waals surface area contributed by atoms with E-state index in [1.165, 1.54) is 6.92 Å². The predicted molar refractivity (Wildman–Crippen MR) is 107 cm³/mol. The number of nitrogens with zero attached hydrogens (tertiary/aromatic N) is 1. The molecule has 1 N–H and O–H groups in total. The highest BCUT2D eigenvalue weighted by molar-refractivity contribution is 7.89. The molecule has 1 saturated heterocycles. The van der Waals surface area contributed by atoms with E-state index in [1.807, 2.05) is 18.2 Å². The standard InChI is InChI=1S/C21H24N2O5S/c1-15(24)22-14-16-4-7-18(8-5-16)29(25,26)23-10-2-3-19(23)17-6-9-20-21(13-17)28-12-11-27-20/h4-9,13,19H,2-3,10-12,14H2,1H3,(H,22,24)/t19-/m1/s1. The van der Waals surface area contributed by atoms with E-state index in [0.29, 0.717) is 37.8 Å². The molecule has 29 heavy (non-hydrogen) atoms. The molecule has 2 heterocycles. The molecule has 0 radical (unpaired) electrons. The molecule has 2 aromatic carbocycles. The average Bonchev–Trinajstić information content (AvgIpc) is 3.23. The number of carbonyl (C=O) groups excluding carboxylic acids is 1. The molecule has 0 bridgehead atoms. The van der Waals surface area contributed by atoms with Crippen LogP contribution in [0.4, 0.5) is 0 Å². The summed E-state index contributed by atoms with van der Waals surface area (Å²) in [5.41, 5.74) is 1.77. The predicted octanol–water partition coefficient (Wildman–Crippen LogP) is 2.62. The quantitative estimate of drug-likeness (QED) is 0.810. The molecule has 2 aliphatic rings. The molecule has 0 aromatic heterocycles. The van der Waals surface area contributed by atoms with E-state index in [2.05, 4.69) is 5.32 Å². The van der Waals surface area contributed by atoms with Crippen LogP contribution in [0.3, 0.4) is 0 Å². The van der Waals surface area contributed by atoms with E-state index >= 15 is 0 Å². The second kappa shape index (κ2) is 8.04. The van der Waals surface area contributed by atoms with Gasteiger partial charge in [0.15, 0.2) is 11.5 Å². The molecule has 8 heteroatoms. The summed E-state index contributed by atoms with van der Waals surface area (Å²) in [6.45, 7) is 3.32. The van der Waals surface area contributed by atoms with Gasteiger partial charge in [-0.3, -0.25) is 4.79 Å². The summed E-state index contributed by atoms with van der Waals surface area (Å²) in [4.78, 5) is 11.3. The van der Waals surface area contributed by atoms with E-state index in [9.17, 15) is 13.2 Å². The van der Waals surface area contributed by atoms with Gasteiger partial charge in [-0.15, -0.1) is 0 Å². The number of benzene rings is 2. The van der Waals surface area contributed by atoms with Gasteiger partial charge in [-0.2, -0.15) is 4.31 Å². The maximum atomic E-state index is 13.3. The number of nitrogens with one attached hydrogen (secondary N) is 1. The van der Waals surface area contributed by atoms with Crippen molar-refractivity contribution < 1.29 is 22.7 Å². The maximum Gasteiger partial charge on any atom is 0.243 e. The number of ether oxygens (including phenoxy) is 2. The Morgan fingerprint density at radius 2 is 1.83 bits per heavy atom. The van der Waals surface area contributed by atoms with Crippen molar-refractivity contribution in [3.05, 3.63) is 53.6 Å². The highest BCUT2D eigenvalue weighted by Gasteiger charge is 2.36. The molecule has 0 saturated carbocycles. The largest absolute Gasteiger partial charge is 0.486 e. The van der Waals surface area contributed by atoms with Crippen LogP contribution in [0.15, 0.2) is 47.4 Å². The topological polar surface area (TPSA) is 84.9 Å². The molecule has 1 fully saturated rings. The highest BCUT2D eigenvalue weighted by atomic mass is 32.2. The lowest BCUT2D eigenvalue weighted by Gasteiger charge is -2.26. The number of hydrogen-bond donors (Lipinski definition) is 1. The van der Waals surface area contributed by atoms with Crippen LogP contribution in [0.5, 0.6) is 11.5 Å². The molecule has 0 unspecified atom stereocenters. The van der Waals surface area contributed by atoms with Crippen LogP contribution in [0.2, 0.25) is 0 Å². The molecule has 1 amide bonds. The number of rotatable bonds is 5. The molecule has 7 nitrogen and oxygen atoms in total. The molecule has 0 aliphatic carbocycles. The first-order chi connectivity index (χ1) is 13.9. The summed E-state index contributed by atoms with van der Waals surface area (Å²) in [5.74, 6) is 1.24. The summed E-state index contributed by atoms with van der Waals surface area (Å²) in [6, 6.07) is 12.1. The van der Waals surface area contributed by atoms with Crippen molar-refractivity contribution in [1.29, 1.82) is 0 Å². The van der Waals surface area contributed by atoms with E-state index < -0.39 is 10.0 Å². The first-order valence-electron chi connectivity index (χ1n) is 9.70. The van der Waals surface area contributed by atoms with Crippen molar-refractivity contribution in [2.75, 3.05) is 19.8 Å². The zero-order chi connectivity index (χ0) is 20.4. The molecule has 154 valence electrons. The second-order valence-corrected chi connectivity index (χ2v) is 9.12. The number of sulfonamides is 1. The average molecular weight is 416 g/mol. The Morgan fingerprint density at radius 3 is 2.55 bits per heavy atom. The zero-order valence-corrected chi connectivity index (χ0v) is 17.1. The monoisotopic (exact) mass is 416 g/mol. The Kier molecular flexibility index (Phi) is 5.47. The minimum atomic E-state index is -3.63. The van der Waals surface area contributed by atoms with E-state index in [0.717, 1.165) is 24.0 Å². The van der Waals surface area contributed by atoms with Crippen LogP contribution in [-0.4, -0.2) is 38.4 Å². The molecule has 0 spiro atoms. The van der Waals surface area contributed by atoms with Gasteiger partial charge in [0.1, 0.15) is 13.2 Å². The van der Waals surface area contributed by atoms with E-state index in [4.69, 9.17) is 9.47 Å². The third kappa shape index (κ3) is 4.09. The van der Waals surface area contributed by atoms with Crippen LogP contribution >= 0.6 is 0 Å². The van der Waals surface area contributed by atoms with Crippen molar-refractivity contribution >= 4 is 15.9 Å². The van der Waals surface area contributed by atoms with Crippen molar-refractivity contribution in [3.8, 4) is 11.5 Å². The zero-order valence-electron chi connectivity index (χ0n) is 16.3. The lowest BCUT2D eigenvalue weighted by atomic mass is 10.0. The van der Waals surface area contributed by atoms with Crippen molar-refractivity contribution in [3.63, 3.8) is 0 Å². The fraction of sp³-hybridized carbons (Fsp3) is 0.381. The first kappa shape index (κ1) is 19.7. The molecule has 4 rings (SSSR count). The van der Waals surface area contributed by atoms with Gasteiger partial charge < -0.3 is 14.8 Å². The maximum absolute atomic E-state index is 13.3. The van der Waals surface area contributed by atoms with Gasteiger partial charge in [0.25, 0.3) is 0 Å². The van der Waals surface area contributed by atoms with E-state index in [1.54, 1.807) is 28.6 Å². The summed E-state index contributed by atoms with van der Waals surface area (Å²) in [7, 11) is -3.63. The number of fused-ring (bicyclic) bond motifs is 1. The smallest absolute Gasteiger partial charge is 0.243 e. The second-order valence-electron chi connectivity index (χ2n) is 7.23.